The quantitative estimate of drug-likeness (QED) is 0.367. The summed E-state index contributed by atoms with van der Waals surface area (Å²) in [5.41, 5.74) is 1.72. The number of methoxy groups -OCH3 is 1. The lowest BCUT2D eigenvalue weighted by Gasteiger charge is -2.33. The normalized spacial score (nSPS) is 20.5. The van der Waals surface area contributed by atoms with Gasteiger partial charge in [-0.05, 0) is 31.0 Å². The Hall–Kier alpha value is -3.53. The number of hydrogen-bond acceptors (Lipinski definition) is 8. The third-order valence-electron chi connectivity index (χ3n) is 5.54. The molecule has 10 heteroatoms. The van der Waals surface area contributed by atoms with Crippen LogP contribution in [0, 0.1) is 10.1 Å². The van der Waals surface area contributed by atoms with Gasteiger partial charge in [-0.3, -0.25) is 10.1 Å². The number of carbonyl (C=O) groups is 1. The van der Waals surface area contributed by atoms with E-state index in [0.29, 0.717) is 41.4 Å². The van der Waals surface area contributed by atoms with Crippen LogP contribution in [0.15, 0.2) is 36.5 Å². The molecule has 2 aliphatic heterocycles. The Balaban J connectivity index is 1.63. The van der Waals surface area contributed by atoms with E-state index in [4.69, 9.17) is 14.5 Å². The van der Waals surface area contributed by atoms with Crippen molar-refractivity contribution in [2.75, 3.05) is 25.1 Å². The van der Waals surface area contributed by atoms with E-state index in [-0.39, 0.29) is 17.9 Å². The molecule has 154 valence electrons. The molecule has 5 rings (SSSR count). The molecule has 0 aliphatic carbocycles. The predicted octanol–water partition coefficient (Wildman–Crippen LogP) is 2.46. The van der Waals surface area contributed by atoms with Crippen LogP contribution in [-0.4, -0.2) is 57.9 Å². The number of nitro groups is 1. The molecule has 2 bridgehead atoms. The van der Waals surface area contributed by atoms with Crippen molar-refractivity contribution in [1.82, 2.24) is 14.6 Å². The number of benzene rings is 1. The fourth-order valence-corrected chi connectivity index (χ4v) is 4.09. The van der Waals surface area contributed by atoms with E-state index in [1.807, 2.05) is 0 Å². The highest BCUT2D eigenvalue weighted by molar-refractivity contribution is 5.92. The molecule has 30 heavy (non-hydrogen) atoms. The first-order chi connectivity index (χ1) is 14.5. The van der Waals surface area contributed by atoms with Gasteiger partial charge in [-0.15, -0.1) is 5.10 Å². The highest BCUT2D eigenvalue weighted by atomic mass is 16.6. The van der Waals surface area contributed by atoms with E-state index < -0.39 is 10.9 Å². The summed E-state index contributed by atoms with van der Waals surface area (Å²) in [6.45, 7) is 1.42. The maximum atomic E-state index is 12.1. The number of rotatable bonds is 4. The van der Waals surface area contributed by atoms with E-state index in [1.54, 1.807) is 28.9 Å². The average molecular weight is 409 g/mol. The SMILES string of the molecule is COC(=O)c1cc2c(N3CC4CC[C@H](C3)O4)nc(-c3ccc([N+](=O)[O-])cc3)nn2c1. The molecule has 10 nitrogen and oxygen atoms in total. The molecular formula is C20H19N5O5. The van der Waals surface area contributed by atoms with Crippen LogP contribution in [-0.2, 0) is 9.47 Å². The highest BCUT2D eigenvalue weighted by Crippen LogP contribution is 2.32. The Morgan fingerprint density at radius 2 is 1.93 bits per heavy atom. The van der Waals surface area contributed by atoms with Gasteiger partial charge in [-0.1, -0.05) is 0 Å². The van der Waals surface area contributed by atoms with Crippen LogP contribution in [0.1, 0.15) is 23.2 Å². The zero-order valence-electron chi connectivity index (χ0n) is 16.2. The van der Waals surface area contributed by atoms with E-state index >= 15 is 0 Å². The van der Waals surface area contributed by atoms with Crippen LogP contribution in [0.3, 0.4) is 0 Å². The van der Waals surface area contributed by atoms with E-state index in [9.17, 15) is 14.9 Å². The van der Waals surface area contributed by atoms with Crippen LogP contribution >= 0.6 is 0 Å². The van der Waals surface area contributed by atoms with Crippen molar-refractivity contribution in [2.24, 2.45) is 0 Å². The topological polar surface area (TPSA) is 112 Å². The number of fused-ring (bicyclic) bond motifs is 3. The number of aromatic nitrogens is 3. The predicted molar refractivity (Wildman–Crippen MR) is 107 cm³/mol. The summed E-state index contributed by atoms with van der Waals surface area (Å²) in [4.78, 5) is 29.5. The molecule has 0 amide bonds. The van der Waals surface area contributed by atoms with Gasteiger partial charge in [-0.2, -0.15) is 0 Å². The number of nitrogens with zero attached hydrogens (tertiary/aromatic N) is 5. The molecule has 2 atom stereocenters. The minimum absolute atomic E-state index is 0.00116. The largest absolute Gasteiger partial charge is 0.465 e. The molecule has 4 heterocycles. The van der Waals surface area contributed by atoms with Gasteiger partial charge in [0.05, 0.1) is 29.8 Å². The third kappa shape index (κ3) is 3.14. The van der Waals surface area contributed by atoms with Crippen molar-refractivity contribution < 1.29 is 19.2 Å². The minimum Gasteiger partial charge on any atom is -0.465 e. The van der Waals surface area contributed by atoms with Gasteiger partial charge < -0.3 is 14.4 Å². The Morgan fingerprint density at radius 1 is 1.23 bits per heavy atom. The third-order valence-corrected chi connectivity index (χ3v) is 5.54. The molecule has 0 saturated carbocycles. The number of morpholine rings is 1. The first-order valence-electron chi connectivity index (χ1n) is 9.66. The van der Waals surface area contributed by atoms with E-state index in [1.165, 1.54) is 19.2 Å². The summed E-state index contributed by atoms with van der Waals surface area (Å²) in [5.74, 6) is 0.664. The van der Waals surface area contributed by atoms with E-state index in [2.05, 4.69) is 10.00 Å². The Morgan fingerprint density at radius 3 is 2.57 bits per heavy atom. The minimum atomic E-state index is -0.453. The average Bonchev–Trinajstić information content (AvgIpc) is 3.34. The van der Waals surface area contributed by atoms with Crippen LogP contribution < -0.4 is 4.90 Å². The first-order valence-corrected chi connectivity index (χ1v) is 9.66. The van der Waals surface area contributed by atoms with Crippen molar-refractivity contribution in [3.8, 4) is 11.4 Å². The van der Waals surface area contributed by atoms with Crippen LogP contribution in [0.25, 0.3) is 16.9 Å². The lowest BCUT2D eigenvalue weighted by molar-refractivity contribution is -0.384. The second-order valence-corrected chi connectivity index (χ2v) is 7.48. The van der Waals surface area contributed by atoms with Crippen molar-refractivity contribution in [3.63, 3.8) is 0 Å². The Bertz CT molecular complexity index is 1130. The number of carbonyl (C=O) groups excluding carboxylic acids is 1. The molecule has 2 aliphatic rings. The summed E-state index contributed by atoms with van der Waals surface area (Å²) >= 11 is 0. The second kappa shape index (κ2) is 7.06. The maximum absolute atomic E-state index is 12.1. The molecule has 1 aromatic carbocycles. The molecule has 2 aromatic heterocycles. The number of ether oxygens (including phenoxy) is 2. The van der Waals surface area contributed by atoms with Crippen molar-refractivity contribution in [2.45, 2.75) is 25.0 Å². The van der Waals surface area contributed by atoms with Crippen LogP contribution in [0.4, 0.5) is 11.5 Å². The molecule has 2 fully saturated rings. The van der Waals surface area contributed by atoms with E-state index in [0.717, 1.165) is 12.8 Å². The van der Waals surface area contributed by atoms with Gasteiger partial charge in [0.25, 0.3) is 5.69 Å². The summed E-state index contributed by atoms with van der Waals surface area (Å²) in [6, 6.07) is 7.81. The van der Waals surface area contributed by atoms with Gasteiger partial charge >= 0.3 is 5.97 Å². The Labute approximate surface area is 171 Å². The monoisotopic (exact) mass is 409 g/mol. The lowest BCUT2D eigenvalue weighted by Crippen LogP contribution is -2.43. The first kappa shape index (κ1) is 18.5. The van der Waals surface area contributed by atoms with Gasteiger partial charge in [-0.25, -0.2) is 14.3 Å². The molecule has 0 N–H and O–H groups in total. The second-order valence-electron chi connectivity index (χ2n) is 7.48. The fourth-order valence-electron chi connectivity index (χ4n) is 4.09. The molecule has 1 unspecified atom stereocenters. The summed E-state index contributed by atoms with van der Waals surface area (Å²) < 4.78 is 12.4. The Kier molecular flexibility index (Phi) is 4.35. The van der Waals surface area contributed by atoms with Crippen molar-refractivity contribution in [1.29, 1.82) is 0 Å². The standard InChI is InChI=1S/C20H19N5O5/c1-29-20(26)13-8-17-19(23-10-15-6-7-16(11-23)30-15)21-18(22-24(17)9-13)12-2-4-14(5-3-12)25(27)28/h2-5,8-9,15-16H,6-7,10-11H2,1H3/t15-,16?/m1/s1. The van der Waals surface area contributed by atoms with Gasteiger partial charge in [0.15, 0.2) is 11.6 Å². The van der Waals surface area contributed by atoms with Gasteiger partial charge in [0.1, 0.15) is 5.52 Å². The molecule has 0 radical (unpaired) electrons. The zero-order valence-corrected chi connectivity index (χ0v) is 16.2. The number of hydrogen-bond donors (Lipinski definition) is 0. The van der Waals surface area contributed by atoms with Gasteiger partial charge in [0, 0.05) is 37.0 Å². The molecular weight excluding hydrogens is 390 g/mol. The number of esters is 1. The maximum Gasteiger partial charge on any atom is 0.339 e. The highest BCUT2D eigenvalue weighted by Gasteiger charge is 2.35. The molecule has 0 spiro atoms. The number of non-ortho nitro benzene ring substituents is 1. The smallest absolute Gasteiger partial charge is 0.339 e. The number of anilines is 1. The number of nitro benzene ring substituents is 1. The van der Waals surface area contributed by atoms with Crippen LogP contribution in [0.2, 0.25) is 0 Å². The molecule has 3 aromatic rings. The lowest BCUT2D eigenvalue weighted by atomic mass is 10.2. The fraction of sp³-hybridized carbons (Fsp3) is 0.350. The summed E-state index contributed by atoms with van der Waals surface area (Å²) in [7, 11) is 1.33. The van der Waals surface area contributed by atoms with Gasteiger partial charge in [0.2, 0.25) is 0 Å². The zero-order chi connectivity index (χ0) is 20.8. The van der Waals surface area contributed by atoms with Crippen molar-refractivity contribution in [3.05, 3.63) is 52.2 Å². The van der Waals surface area contributed by atoms with Crippen molar-refractivity contribution >= 4 is 23.0 Å². The molecule has 2 saturated heterocycles. The van der Waals surface area contributed by atoms with Crippen LogP contribution in [0.5, 0.6) is 0 Å². The summed E-state index contributed by atoms with van der Waals surface area (Å²) in [6.07, 6.45) is 3.97. The summed E-state index contributed by atoms with van der Waals surface area (Å²) in [5, 5.41) is 15.5.